The van der Waals surface area contributed by atoms with Crippen LogP contribution in [0, 0.1) is 0 Å². The Balaban J connectivity index is 1.04. The van der Waals surface area contributed by atoms with Crippen molar-refractivity contribution in [1.29, 1.82) is 0 Å². The van der Waals surface area contributed by atoms with Gasteiger partial charge < -0.3 is 9.32 Å². The van der Waals surface area contributed by atoms with E-state index in [1.54, 1.807) is 0 Å². The monoisotopic (exact) mass is 663 g/mol. The molecule has 10 rings (SSSR count). The fourth-order valence-electron chi connectivity index (χ4n) is 7.57. The molecule has 9 aromatic carbocycles. The van der Waals surface area contributed by atoms with Gasteiger partial charge in [-0.2, -0.15) is 0 Å². The van der Waals surface area contributed by atoms with E-state index in [4.69, 9.17) is 4.42 Å². The van der Waals surface area contributed by atoms with Gasteiger partial charge in [0.2, 0.25) is 0 Å². The largest absolute Gasteiger partial charge is 0.455 e. The van der Waals surface area contributed by atoms with Crippen molar-refractivity contribution in [3.63, 3.8) is 0 Å². The molecule has 0 unspecified atom stereocenters. The van der Waals surface area contributed by atoms with Crippen molar-refractivity contribution in [3.05, 3.63) is 200 Å². The first-order valence-corrected chi connectivity index (χ1v) is 17.7. The maximum absolute atomic E-state index is 6.32. The van der Waals surface area contributed by atoms with Crippen LogP contribution in [-0.4, -0.2) is 0 Å². The van der Waals surface area contributed by atoms with Crippen LogP contribution in [0.15, 0.2) is 205 Å². The van der Waals surface area contributed by atoms with Crippen LogP contribution in [0.1, 0.15) is 0 Å². The van der Waals surface area contributed by atoms with Crippen molar-refractivity contribution in [1.82, 2.24) is 0 Å². The van der Waals surface area contributed by atoms with Gasteiger partial charge in [-0.15, -0.1) is 0 Å². The van der Waals surface area contributed by atoms with Crippen molar-refractivity contribution in [2.24, 2.45) is 0 Å². The smallest absolute Gasteiger partial charge is 0.143 e. The molecule has 0 atom stereocenters. The molecule has 0 amide bonds. The topological polar surface area (TPSA) is 16.4 Å². The number of nitrogens with zero attached hydrogens (tertiary/aromatic N) is 1. The Kier molecular flexibility index (Phi) is 7.18. The molecule has 0 bridgehead atoms. The van der Waals surface area contributed by atoms with Crippen molar-refractivity contribution < 1.29 is 4.42 Å². The van der Waals surface area contributed by atoms with Crippen LogP contribution in [0.4, 0.5) is 17.1 Å². The standard InChI is InChI=1S/C50H33NO/c1-2-9-34(10-3-1)36-19-25-43(26-20-36)51(45-14-8-13-39(33-45)41-18-17-35-11-4-5-12-38(35)31-41)44-27-21-37(22-28-44)40-23-29-46-42(32-40)24-30-48-47-15-6-7-16-49(47)52-50(46)48/h1-33H. The first-order valence-electron chi connectivity index (χ1n) is 17.7. The third kappa shape index (κ3) is 5.30. The van der Waals surface area contributed by atoms with E-state index in [9.17, 15) is 0 Å². The number of furan rings is 1. The normalized spacial score (nSPS) is 11.5. The van der Waals surface area contributed by atoms with E-state index in [0.717, 1.165) is 44.4 Å². The highest BCUT2D eigenvalue weighted by Crippen LogP contribution is 2.40. The summed E-state index contributed by atoms with van der Waals surface area (Å²) in [6.45, 7) is 0. The number of fused-ring (bicyclic) bond motifs is 6. The number of para-hydroxylation sites is 1. The highest BCUT2D eigenvalue weighted by atomic mass is 16.3. The summed E-state index contributed by atoms with van der Waals surface area (Å²) in [6, 6.07) is 71.8. The van der Waals surface area contributed by atoms with Crippen LogP contribution < -0.4 is 4.90 Å². The zero-order chi connectivity index (χ0) is 34.4. The number of rotatable bonds is 6. The first kappa shape index (κ1) is 30.0. The van der Waals surface area contributed by atoms with Gasteiger partial charge in [-0.05, 0) is 116 Å². The molecule has 1 heterocycles. The van der Waals surface area contributed by atoms with Crippen molar-refractivity contribution in [2.45, 2.75) is 0 Å². The van der Waals surface area contributed by atoms with Gasteiger partial charge in [0.1, 0.15) is 11.2 Å². The minimum Gasteiger partial charge on any atom is -0.455 e. The van der Waals surface area contributed by atoms with Gasteiger partial charge in [-0.25, -0.2) is 0 Å². The number of hydrogen-bond donors (Lipinski definition) is 0. The van der Waals surface area contributed by atoms with Crippen molar-refractivity contribution >= 4 is 60.5 Å². The third-order valence-electron chi connectivity index (χ3n) is 10.2. The second-order valence-electron chi connectivity index (χ2n) is 13.4. The van der Waals surface area contributed by atoms with E-state index < -0.39 is 0 Å². The van der Waals surface area contributed by atoms with Crippen LogP contribution in [0.5, 0.6) is 0 Å². The van der Waals surface area contributed by atoms with Gasteiger partial charge in [0.25, 0.3) is 0 Å². The maximum Gasteiger partial charge on any atom is 0.143 e. The van der Waals surface area contributed by atoms with Crippen LogP contribution >= 0.6 is 0 Å². The Morgan fingerprint density at radius 2 is 0.827 bits per heavy atom. The average Bonchev–Trinajstić information content (AvgIpc) is 3.61. The Hall–Kier alpha value is -6.90. The van der Waals surface area contributed by atoms with Gasteiger partial charge in [0.05, 0.1) is 0 Å². The zero-order valence-electron chi connectivity index (χ0n) is 28.4. The maximum atomic E-state index is 6.32. The summed E-state index contributed by atoms with van der Waals surface area (Å²) >= 11 is 0. The fraction of sp³-hybridized carbons (Fsp3) is 0. The van der Waals surface area contributed by atoms with E-state index in [1.165, 1.54) is 49.5 Å². The SMILES string of the molecule is c1ccc(-c2ccc(N(c3ccc(-c4ccc5c(ccc6c7ccccc7oc56)c4)cc3)c3cccc(-c4ccc5ccccc5c4)c3)cc2)cc1. The molecular weight excluding hydrogens is 631 g/mol. The molecule has 0 fully saturated rings. The van der Waals surface area contributed by atoms with E-state index in [2.05, 4.69) is 193 Å². The number of hydrogen-bond acceptors (Lipinski definition) is 2. The Labute approximate surface area is 302 Å². The molecule has 1 aromatic heterocycles. The predicted molar refractivity (Wildman–Crippen MR) is 220 cm³/mol. The van der Waals surface area contributed by atoms with Gasteiger partial charge >= 0.3 is 0 Å². The molecule has 2 nitrogen and oxygen atoms in total. The summed E-state index contributed by atoms with van der Waals surface area (Å²) in [6.07, 6.45) is 0. The zero-order valence-corrected chi connectivity index (χ0v) is 28.4. The summed E-state index contributed by atoms with van der Waals surface area (Å²) in [4.78, 5) is 2.35. The molecule has 0 spiro atoms. The number of anilines is 3. The number of benzene rings is 9. The summed E-state index contributed by atoms with van der Waals surface area (Å²) in [5, 5.41) is 7.09. The molecule has 52 heavy (non-hydrogen) atoms. The second-order valence-corrected chi connectivity index (χ2v) is 13.4. The molecule has 0 N–H and O–H groups in total. The molecule has 244 valence electrons. The van der Waals surface area contributed by atoms with E-state index in [-0.39, 0.29) is 0 Å². The lowest BCUT2D eigenvalue weighted by atomic mass is 9.99. The Morgan fingerprint density at radius 1 is 0.288 bits per heavy atom. The van der Waals surface area contributed by atoms with Crippen molar-refractivity contribution in [3.8, 4) is 33.4 Å². The quantitative estimate of drug-likeness (QED) is 0.176. The van der Waals surface area contributed by atoms with Crippen LogP contribution in [-0.2, 0) is 0 Å². The van der Waals surface area contributed by atoms with E-state index >= 15 is 0 Å². The second kappa shape index (κ2) is 12.5. The van der Waals surface area contributed by atoms with Gasteiger partial charge in [-0.3, -0.25) is 0 Å². The molecule has 0 radical (unpaired) electrons. The first-order chi connectivity index (χ1) is 25.7. The molecule has 0 saturated heterocycles. The molecular formula is C50H33NO. The third-order valence-corrected chi connectivity index (χ3v) is 10.2. The average molecular weight is 664 g/mol. The van der Waals surface area contributed by atoms with Crippen molar-refractivity contribution in [2.75, 3.05) is 4.90 Å². The Morgan fingerprint density at radius 3 is 1.63 bits per heavy atom. The van der Waals surface area contributed by atoms with Crippen LogP contribution in [0.2, 0.25) is 0 Å². The summed E-state index contributed by atoms with van der Waals surface area (Å²) < 4.78 is 6.32. The lowest BCUT2D eigenvalue weighted by molar-refractivity contribution is 0.672. The highest BCUT2D eigenvalue weighted by Gasteiger charge is 2.15. The summed E-state index contributed by atoms with van der Waals surface area (Å²) in [7, 11) is 0. The molecule has 0 aliphatic rings. The van der Waals surface area contributed by atoms with Gasteiger partial charge in [-0.1, -0.05) is 133 Å². The molecule has 0 aliphatic heterocycles. The lowest BCUT2D eigenvalue weighted by Gasteiger charge is -2.26. The predicted octanol–water partition coefficient (Wildman–Crippen LogP) is 14.4. The molecule has 0 saturated carbocycles. The lowest BCUT2D eigenvalue weighted by Crippen LogP contribution is -2.10. The molecule has 2 heteroatoms. The van der Waals surface area contributed by atoms with E-state index in [0.29, 0.717) is 0 Å². The van der Waals surface area contributed by atoms with Gasteiger partial charge in [0.15, 0.2) is 0 Å². The van der Waals surface area contributed by atoms with Crippen LogP contribution in [0.25, 0.3) is 76.9 Å². The molecule has 0 aliphatic carbocycles. The minimum absolute atomic E-state index is 0.923. The summed E-state index contributed by atoms with van der Waals surface area (Å²) in [5.41, 5.74) is 12.3. The van der Waals surface area contributed by atoms with E-state index in [1.807, 2.05) is 12.1 Å². The van der Waals surface area contributed by atoms with Crippen LogP contribution in [0.3, 0.4) is 0 Å². The molecule has 10 aromatic rings. The highest BCUT2D eigenvalue weighted by molar-refractivity contribution is 6.15. The minimum atomic E-state index is 0.923. The Bertz CT molecular complexity index is 2890. The fourth-order valence-corrected chi connectivity index (χ4v) is 7.57. The summed E-state index contributed by atoms with van der Waals surface area (Å²) in [5.74, 6) is 0. The van der Waals surface area contributed by atoms with Gasteiger partial charge in [0, 0.05) is 33.2 Å².